The van der Waals surface area contributed by atoms with Crippen molar-refractivity contribution in [3.8, 4) is 5.75 Å². The Morgan fingerprint density at radius 3 is 2.16 bits per heavy atom. The predicted molar refractivity (Wildman–Crippen MR) is 148 cm³/mol. The number of fused-ring (bicyclic) bond motifs is 1. The molecule has 246 valence electrons. The lowest BCUT2D eigenvalue weighted by molar-refractivity contribution is -0.388. The number of benzene rings is 2. The molecule has 0 radical (unpaired) electrons. The Bertz CT molecular complexity index is 1390. The van der Waals surface area contributed by atoms with Gasteiger partial charge in [-0.25, -0.2) is 0 Å². The number of nitro benzene ring substituents is 1. The zero-order chi connectivity index (χ0) is 32.9. The lowest BCUT2D eigenvalue weighted by atomic mass is 9.95. The molecule has 1 aliphatic carbocycles. The number of carbonyl (C=O) groups excluding carboxylic acids is 2. The summed E-state index contributed by atoms with van der Waals surface area (Å²) in [6, 6.07) is 6.41. The minimum atomic E-state index is -4.73. The van der Waals surface area contributed by atoms with Crippen LogP contribution in [0.15, 0.2) is 36.4 Å². The first-order valence-electron chi connectivity index (χ1n) is 14.3. The SMILES string of the molecule is O=C(CO)N1CCN(C(=O)C2Cc3cc(C(F)(F)F)ccc3O2)CC1.O=[N+]([O-])c1ccc(NC2CCCCC2)cc1C(F)(F)F. The van der Waals surface area contributed by atoms with E-state index in [-0.39, 0.29) is 24.1 Å². The second kappa shape index (κ2) is 13.9. The largest absolute Gasteiger partial charge is 0.480 e. The third kappa shape index (κ3) is 8.55. The van der Waals surface area contributed by atoms with Crippen LogP contribution in [0.5, 0.6) is 5.75 Å². The number of aliphatic hydroxyl groups excluding tert-OH is 1. The highest BCUT2D eigenvalue weighted by molar-refractivity contribution is 5.83. The van der Waals surface area contributed by atoms with E-state index < -0.39 is 52.7 Å². The standard InChI is InChI=1S/C16H17F3N2O4.C13H15F3N2O2/c17-16(18,19)11-1-2-12-10(7-11)8-13(25-12)15(24)21-5-3-20(4-6-21)14(23)9-22;14-13(15,16)11-8-10(6-7-12(11)18(19)20)17-9-4-2-1-3-5-9/h1-2,7,13,22H,3-6,8-9H2;6-9,17H,1-5H2. The van der Waals surface area contributed by atoms with Gasteiger partial charge in [-0.3, -0.25) is 19.7 Å². The van der Waals surface area contributed by atoms with E-state index in [1.807, 2.05) is 0 Å². The Morgan fingerprint density at radius 2 is 1.58 bits per heavy atom. The molecule has 0 spiro atoms. The Kier molecular flexibility index (Phi) is 10.5. The van der Waals surface area contributed by atoms with Crippen molar-refractivity contribution < 1.29 is 50.7 Å². The smallest absolute Gasteiger partial charge is 0.423 e. The topological polar surface area (TPSA) is 125 Å². The van der Waals surface area contributed by atoms with Gasteiger partial charge in [0, 0.05) is 50.4 Å². The molecule has 0 bridgehead atoms. The Morgan fingerprint density at radius 1 is 0.933 bits per heavy atom. The number of hydrogen-bond donors (Lipinski definition) is 2. The van der Waals surface area contributed by atoms with Crippen molar-refractivity contribution >= 4 is 23.2 Å². The summed E-state index contributed by atoms with van der Waals surface area (Å²) in [7, 11) is 0. The van der Waals surface area contributed by atoms with Crippen molar-refractivity contribution in [1.82, 2.24) is 9.80 Å². The normalized spacial score (nSPS) is 18.8. The summed E-state index contributed by atoms with van der Waals surface area (Å²) in [6.07, 6.45) is -4.84. The summed E-state index contributed by atoms with van der Waals surface area (Å²) in [5.74, 6) is -0.405. The van der Waals surface area contributed by atoms with Gasteiger partial charge in [-0.1, -0.05) is 19.3 Å². The van der Waals surface area contributed by atoms with Gasteiger partial charge in [0.2, 0.25) is 5.91 Å². The molecule has 1 saturated heterocycles. The Labute approximate surface area is 254 Å². The molecular weight excluding hydrogens is 614 g/mol. The summed E-state index contributed by atoms with van der Waals surface area (Å²) in [4.78, 5) is 36.6. The molecule has 2 aromatic carbocycles. The molecule has 16 heteroatoms. The van der Waals surface area contributed by atoms with Crippen molar-refractivity contribution in [3.05, 3.63) is 63.2 Å². The van der Waals surface area contributed by atoms with Crippen LogP contribution in [0.25, 0.3) is 0 Å². The van der Waals surface area contributed by atoms with E-state index in [1.165, 1.54) is 21.9 Å². The van der Waals surface area contributed by atoms with Crippen LogP contribution in [0.3, 0.4) is 0 Å². The fraction of sp³-hybridized carbons (Fsp3) is 0.517. The number of alkyl halides is 6. The van der Waals surface area contributed by atoms with E-state index in [4.69, 9.17) is 9.84 Å². The lowest BCUT2D eigenvalue weighted by Gasteiger charge is -2.35. The maximum absolute atomic E-state index is 12.8. The number of nitro groups is 1. The molecule has 2 aromatic rings. The van der Waals surface area contributed by atoms with Crippen LogP contribution in [-0.4, -0.2) is 76.6 Å². The molecule has 1 saturated carbocycles. The van der Waals surface area contributed by atoms with Gasteiger partial charge in [-0.2, -0.15) is 26.3 Å². The zero-order valence-corrected chi connectivity index (χ0v) is 24.0. The van der Waals surface area contributed by atoms with Crippen LogP contribution in [0.1, 0.15) is 48.8 Å². The van der Waals surface area contributed by atoms with E-state index >= 15 is 0 Å². The molecule has 5 rings (SSSR count). The zero-order valence-electron chi connectivity index (χ0n) is 24.0. The van der Waals surface area contributed by atoms with E-state index in [0.717, 1.165) is 56.4 Å². The van der Waals surface area contributed by atoms with Gasteiger partial charge < -0.3 is 25.0 Å². The van der Waals surface area contributed by atoms with E-state index in [0.29, 0.717) is 37.5 Å². The number of nitrogens with zero attached hydrogens (tertiary/aromatic N) is 3. The molecule has 2 fully saturated rings. The number of aliphatic hydroxyl groups is 1. The van der Waals surface area contributed by atoms with Crippen molar-refractivity contribution in [1.29, 1.82) is 0 Å². The number of anilines is 1. The molecule has 2 amide bonds. The summed E-state index contributed by atoms with van der Waals surface area (Å²) in [5.41, 5.74) is -2.23. The summed E-state index contributed by atoms with van der Waals surface area (Å²) in [6.45, 7) is 0.645. The molecule has 1 unspecified atom stereocenters. The van der Waals surface area contributed by atoms with Gasteiger partial charge in [0.1, 0.15) is 17.9 Å². The van der Waals surface area contributed by atoms with E-state index in [1.54, 1.807) is 0 Å². The third-order valence-corrected chi connectivity index (χ3v) is 7.89. The molecule has 45 heavy (non-hydrogen) atoms. The maximum atomic E-state index is 12.8. The molecule has 3 aliphatic rings. The molecule has 2 heterocycles. The van der Waals surface area contributed by atoms with Gasteiger partial charge in [0.25, 0.3) is 11.6 Å². The summed E-state index contributed by atoms with van der Waals surface area (Å²) >= 11 is 0. The summed E-state index contributed by atoms with van der Waals surface area (Å²) in [5, 5.41) is 22.5. The van der Waals surface area contributed by atoms with Gasteiger partial charge >= 0.3 is 12.4 Å². The second-order valence-electron chi connectivity index (χ2n) is 11.0. The van der Waals surface area contributed by atoms with E-state index in [9.17, 15) is 46.0 Å². The number of nitrogens with one attached hydrogen (secondary N) is 1. The van der Waals surface area contributed by atoms with Crippen LogP contribution in [0, 0.1) is 10.1 Å². The molecule has 10 nitrogen and oxygen atoms in total. The van der Waals surface area contributed by atoms with E-state index in [2.05, 4.69) is 5.32 Å². The fourth-order valence-electron chi connectivity index (χ4n) is 5.54. The Hall–Kier alpha value is -4.08. The number of carbonyl (C=O) groups is 2. The fourth-order valence-corrected chi connectivity index (χ4v) is 5.54. The first-order chi connectivity index (χ1) is 21.2. The van der Waals surface area contributed by atoms with Crippen LogP contribution in [-0.2, 0) is 28.4 Å². The molecule has 0 aromatic heterocycles. The minimum absolute atomic E-state index is 0.0911. The molecule has 2 N–H and O–H groups in total. The van der Waals surface area contributed by atoms with Crippen molar-refractivity contribution in [3.63, 3.8) is 0 Å². The second-order valence-corrected chi connectivity index (χ2v) is 11.0. The minimum Gasteiger partial charge on any atom is -0.480 e. The first kappa shape index (κ1) is 33.8. The van der Waals surface area contributed by atoms with Crippen LogP contribution >= 0.6 is 0 Å². The van der Waals surface area contributed by atoms with Gasteiger partial charge in [0.05, 0.1) is 10.5 Å². The van der Waals surface area contributed by atoms with Gasteiger partial charge in [0.15, 0.2) is 6.10 Å². The highest BCUT2D eigenvalue weighted by atomic mass is 19.4. The average Bonchev–Trinajstić information content (AvgIpc) is 3.44. The van der Waals surface area contributed by atoms with Crippen molar-refractivity contribution in [2.75, 3.05) is 38.1 Å². The summed E-state index contributed by atoms with van der Waals surface area (Å²) < 4.78 is 82.3. The van der Waals surface area contributed by atoms with Crippen molar-refractivity contribution in [2.45, 2.75) is 63.0 Å². The number of ether oxygens (including phenoxy) is 1. The number of piperazine rings is 1. The molecular formula is C29H32F6N4O6. The highest BCUT2D eigenvalue weighted by Crippen LogP contribution is 2.38. The van der Waals surface area contributed by atoms with Crippen molar-refractivity contribution in [2.24, 2.45) is 0 Å². The number of halogens is 6. The lowest BCUT2D eigenvalue weighted by Crippen LogP contribution is -2.54. The number of amides is 2. The predicted octanol–water partition coefficient (Wildman–Crippen LogP) is 5.03. The molecule has 1 atom stereocenters. The number of hydrogen-bond acceptors (Lipinski definition) is 7. The molecule has 2 aliphatic heterocycles. The van der Waals surface area contributed by atoms with Crippen LogP contribution in [0.2, 0.25) is 0 Å². The highest BCUT2D eigenvalue weighted by Gasteiger charge is 2.39. The third-order valence-electron chi connectivity index (χ3n) is 7.89. The van der Waals surface area contributed by atoms with Gasteiger partial charge in [-0.15, -0.1) is 0 Å². The quantitative estimate of drug-likeness (QED) is 0.265. The van der Waals surface area contributed by atoms with Crippen LogP contribution in [0.4, 0.5) is 37.7 Å². The van der Waals surface area contributed by atoms with Gasteiger partial charge in [-0.05, 0) is 48.7 Å². The number of rotatable bonds is 5. The first-order valence-corrected chi connectivity index (χ1v) is 14.3. The maximum Gasteiger partial charge on any atom is 0.423 e. The van der Waals surface area contributed by atoms with Crippen LogP contribution < -0.4 is 10.1 Å². The monoisotopic (exact) mass is 646 g/mol. The Balaban J connectivity index is 0.000000210. The average molecular weight is 647 g/mol.